The van der Waals surface area contributed by atoms with E-state index in [1.165, 1.54) is 6.26 Å². The largest absolute Gasteiger partial charge is 0.491 e. The van der Waals surface area contributed by atoms with Crippen LogP contribution >= 0.6 is 0 Å². The minimum absolute atomic E-state index is 0.0683. The molecule has 1 unspecified atom stereocenters. The predicted octanol–water partition coefficient (Wildman–Crippen LogP) is 2.64. The SMILES string of the molecule is CC(C)NCCCC(C)Oc1cccc(S(C)(=O)=O)c1. The van der Waals surface area contributed by atoms with Crippen LogP contribution in [0.5, 0.6) is 5.75 Å². The van der Waals surface area contributed by atoms with Crippen LogP contribution in [0.25, 0.3) is 0 Å². The highest BCUT2D eigenvalue weighted by Crippen LogP contribution is 2.19. The molecule has 1 aromatic carbocycles. The van der Waals surface area contributed by atoms with Gasteiger partial charge in [-0.25, -0.2) is 8.42 Å². The molecule has 1 aromatic rings. The molecule has 0 saturated carbocycles. The third-order valence-corrected chi connectivity index (χ3v) is 4.02. The molecule has 0 aliphatic rings. The molecule has 0 aromatic heterocycles. The number of rotatable bonds is 8. The summed E-state index contributed by atoms with van der Waals surface area (Å²) in [6, 6.07) is 7.16. The molecule has 0 saturated heterocycles. The molecule has 20 heavy (non-hydrogen) atoms. The van der Waals surface area contributed by atoms with Gasteiger partial charge in [0.05, 0.1) is 11.0 Å². The molecule has 5 heteroatoms. The van der Waals surface area contributed by atoms with Gasteiger partial charge in [0.15, 0.2) is 9.84 Å². The summed E-state index contributed by atoms with van der Waals surface area (Å²) in [4.78, 5) is 0.295. The number of nitrogens with one attached hydrogen (secondary N) is 1. The number of benzene rings is 1. The first kappa shape index (κ1) is 17.0. The molecular formula is C15H25NO3S. The van der Waals surface area contributed by atoms with E-state index in [4.69, 9.17) is 4.74 Å². The van der Waals surface area contributed by atoms with Gasteiger partial charge in [0, 0.05) is 12.3 Å². The fraction of sp³-hybridized carbons (Fsp3) is 0.600. The minimum atomic E-state index is -3.18. The second kappa shape index (κ2) is 7.64. The Morgan fingerprint density at radius 1 is 1.25 bits per heavy atom. The van der Waals surface area contributed by atoms with Gasteiger partial charge >= 0.3 is 0 Å². The lowest BCUT2D eigenvalue weighted by Crippen LogP contribution is -2.25. The van der Waals surface area contributed by atoms with Gasteiger partial charge in [0.25, 0.3) is 0 Å². The molecule has 0 spiro atoms. The Morgan fingerprint density at radius 3 is 2.55 bits per heavy atom. The first-order valence-corrected chi connectivity index (χ1v) is 8.88. The summed E-state index contributed by atoms with van der Waals surface area (Å²) in [5.74, 6) is 0.609. The van der Waals surface area contributed by atoms with Crippen LogP contribution in [0.3, 0.4) is 0 Å². The van der Waals surface area contributed by atoms with Crippen LogP contribution in [-0.2, 0) is 9.84 Å². The van der Waals surface area contributed by atoms with Gasteiger partial charge in [0.1, 0.15) is 5.75 Å². The lowest BCUT2D eigenvalue weighted by atomic mass is 10.2. The Kier molecular flexibility index (Phi) is 6.49. The van der Waals surface area contributed by atoms with Crippen LogP contribution in [0.4, 0.5) is 0 Å². The maximum absolute atomic E-state index is 11.5. The molecule has 0 heterocycles. The number of ether oxygens (including phenoxy) is 1. The van der Waals surface area contributed by atoms with Crippen molar-refractivity contribution in [2.24, 2.45) is 0 Å². The van der Waals surface area contributed by atoms with Gasteiger partial charge in [-0.2, -0.15) is 0 Å². The van der Waals surface area contributed by atoms with Crippen molar-refractivity contribution < 1.29 is 13.2 Å². The van der Waals surface area contributed by atoms with E-state index in [0.29, 0.717) is 16.7 Å². The van der Waals surface area contributed by atoms with Crippen LogP contribution in [0, 0.1) is 0 Å². The molecule has 1 atom stereocenters. The van der Waals surface area contributed by atoms with E-state index >= 15 is 0 Å². The standard InChI is InChI=1S/C15H25NO3S/c1-12(2)16-10-6-7-13(3)19-14-8-5-9-15(11-14)20(4,17)18/h5,8-9,11-13,16H,6-7,10H2,1-4H3. The molecule has 0 radical (unpaired) electrons. The van der Waals surface area contributed by atoms with Gasteiger partial charge in [-0.1, -0.05) is 19.9 Å². The molecule has 0 fully saturated rings. The number of sulfone groups is 1. The smallest absolute Gasteiger partial charge is 0.175 e. The van der Waals surface area contributed by atoms with Crippen LogP contribution in [0.15, 0.2) is 29.2 Å². The zero-order valence-corrected chi connectivity index (χ0v) is 13.5. The fourth-order valence-corrected chi connectivity index (χ4v) is 2.51. The number of hydrogen-bond acceptors (Lipinski definition) is 4. The summed E-state index contributed by atoms with van der Waals surface area (Å²) >= 11 is 0. The molecule has 0 aliphatic heterocycles. The quantitative estimate of drug-likeness (QED) is 0.750. The number of hydrogen-bond donors (Lipinski definition) is 1. The topological polar surface area (TPSA) is 55.4 Å². The van der Waals surface area contributed by atoms with E-state index in [1.54, 1.807) is 24.3 Å². The predicted molar refractivity (Wildman–Crippen MR) is 82.0 cm³/mol. The molecule has 114 valence electrons. The summed E-state index contributed by atoms with van der Waals surface area (Å²) in [6.07, 6.45) is 3.24. The first-order valence-electron chi connectivity index (χ1n) is 6.99. The van der Waals surface area contributed by atoms with Crippen molar-refractivity contribution in [1.29, 1.82) is 0 Å². The van der Waals surface area contributed by atoms with Crippen molar-refractivity contribution in [2.45, 2.75) is 50.7 Å². The van der Waals surface area contributed by atoms with Crippen molar-refractivity contribution >= 4 is 9.84 Å². The Labute approximate surface area is 122 Å². The fourth-order valence-electron chi connectivity index (χ4n) is 1.85. The van der Waals surface area contributed by atoms with Crippen LogP contribution < -0.4 is 10.1 Å². The highest BCUT2D eigenvalue weighted by Gasteiger charge is 2.09. The molecular weight excluding hydrogens is 274 g/mol. The Morgan fingerprint density at radius 2 is 1.95 bits per heavy atom. The van der Waals surface area contributed by atoms with E-state index in [0.717, 1.165) is 19.4 Å². The molecule has 1 N–H and O–H groups in total. The Hall–Kier alpha value is -1.07. The molecule has 1 rings (SSSR count). The third-order valence-electron chi connectivity index (χ3n) is 2.91. The Bertz CT molecular complexity index is 512. The molecule has 0 amide bonds. The van der Waals surface area contributed by atoms with E-state index in [1.807, 2.05) is 6.92 Å². The average Bonchev–Trinajstić information content (AvgIpc) is 2.34. The first-order chi connectivity index (χ1) is 9.29. The van der Waals surface area contributed by atoms with Crippen molar-refractivity contribution in [2.75, 3.05) is 12.8 Å². The lowest BCUT2D eigenvalue weighted by molar-refractivity contribution is 0.206. The second-order valence-electron chi connectivity index (χ2n) is 5.43. The molecule has 0 aliphatic carbocycles. The van der Waals surface area contributed by atoms with E-state index < -0.39 is 9.84 Å². The van der Waals surface area contributed by atoms with Gasteiger partial charge in [-0.3, -0.25) is 0 Å². The monoisotopic (exact) mass is 299 g/mol. The summed E-state index contributed by atoms with van der Waals surface area (Å²) in [5.41, 5.74) is 0. The van der Waals surface area contributed by atoms with Gasteiger partial charge in [-0.05, 0) is 44.5 Å². The highest BCUT2D eigenvalue weighted by atomic mass is 32.2. The van der Waals surface area contributed by atoms with Gasteiger partial charge in [0.2, 0.25) is 0 Å². The maximum atomic E-state index is 11.5. The maximum Gasteiger partial charge on any atom is 0.175 e. The second-order valence-corrected chi connectivity index (χ2v) is 7.44. The van der Waals surface area contributed by atoms with Crippen LogP contribution in [0.1, 0.15) is 33.6 Å². The van der Waals surface area contributed by atoms with E-state index in [9.17, 15) is 8.42 Å². The van der Waals surface area contributed by atoms with Crippen molar-refractivity contribution in [3.05, 3.63) is 24.3 Å². The lowest BCUT2D eigenvalue weighted by Gasteiger charge is -2.16. The van der Waals surface area contributed by atoms with Crippen LogP contribution in [0.2, 0.25) is 0 Å². The minimum Gasteiger partial charge on any atom is -0.491 e. The van der Waals surface area contributed by atoms with Crippen molar-refractivity contribution in [1.82, 2.24) is 5.32 Å². The van der Waals surface area contributed by atoms with Gasteiger partial charge < -0.3 is 10.1 Å². The normalized spacial score (nSPS) is 13.4. The summed E-state index contributed by atoms with van der Waals surface area (Å²) in [6.45, 7) is 7.21. The van der Waals surface area contributed by atoms with Crippen molar-refractivity contribution in [3.8, 4) is 5.75 Å². The van der Waals surface area contributed by atoms with Gasteiger partial charge in [-0.15, -0.1) is 0 Å². The summed E-state index contributed by atoms with van der Waals surface area (Å²) in [7, 11) is -3.18. The molecule has 4 nitrogen and oxygen atoms in total. The average molecular weight is 299 g/mol. The molecule has 0 bridgehead atoms. The Balaban J connectivity index is 2.48. The zero-order valence-electron chi connectivity index (χ0n) is 12.7. The van der Waals surface area contributed by atoms with Crippen LogP contribution in [-0.4, -0.2) is 33.4 Å². The summed E-state index contributed by atoms with van der Waals surface area (Å²) < 4.78 is 28.7. The van der Waals surface area contributed by atoms with E-state index in [-0.39, 0.29) is 6.10 Å². The van der Waals surface area contributed by atoms with E-state index in [2.05, 4.69) is 19.2 Å². The van der Waals surface area contributed by atoms with Crippen molar-refractivity contribution in [3.63, 3.8) is 0 Å². The highest BCUT2D eigenvalue weighted by molar-refractivity contribution is 7.90. The third kappa shape index (κ3) is 6.39. The zero-order chi connectivity index (χ0) is 15.2. The summed E-state index contributed by atoms with van der Waals surface area (Å²) in [5, 5.41) is 3.36.